The van der Waals surface area contributed by atoms with Gasteiger partial charge in [-0.1, -0.05) is 35.6 Å². The average molecular weight is 321 g/mol. The highest BCUT2D eigenvalue weighted by molar-refractivity contribution is 7.22. The van der Waals surface area contributed by atoms with E-state index in [-0.39, 0.29) is 5.82 Å². The first kappa shape index (κ1) is 13.8. The predicted molar refractivity (Wildman–Crippen MR) is 92.7 cm³/mol. The van der Waals surface area contributed by atoms with Crippen molar-refractivity contribution in [2.75, 3.05) is 5.73 Å². The van der Waals surface area contributed by atoms with Gasteiger partial charge in [-0.2, -0.15) is 0 Å². The minimum absolute atomic E-state index is 0.260. The summed E-state index contributed by atoms with van der Waals surface area (Å²) in [6.07, 6.45) is 3.50. The molecule has 0 saturated carbocycles. The van der Waals surface area contributed by atoms with Crippen molar-refractivity contribution in [3.63, 3.8) is 0 Å². The Morgan fingerprint density at radius 1 is 0.957 bits per heavy atom. The molecule has 23 heavy (non-hydrogen) atoms. The molecule has 2 heterocycles. The van der Waals surface area contributed by atoms with Gasteiger partial charge in [-0.3, -0.25) is 4.98 Å². The van der Waals surface area contributed by atoms with E-state index >= 15 is 0 Å². The van der Waals surface area contributed by atoms with E-state index in [1.807, 2.05) is 30.3 Å². The Morgan fingerprint density at radius 3 is 2.61 bits per heavy atom. The molecular weight excluding hydrogens is 309 g/mol. The molecule has 2 aromatic carbocycles. The number of halogens is 1. The van der Waals surface area contributed by atoms with E-state index in [9.17, 15) is 4.39 Å². The number of hydrogen-bond donors (Lipinski definition) is 1. The van der Waals surface area contributed by atoms with Crippen molar-refractivity contribution >= 4 is 26.7 Å². The van der Waals surface area contributed by atoms with Crippen LogP contribution in [0.15, 0.2) is 60.9 Å². The quantitative estimate of drug-likeness (QED) is 0.580. The van der Waals surface area contributed by atoms with Crippen molar-refractivity contribution in [3.05, 3.63) is 66.7 Å². The maximum Gasteiger partial charge on any atom is 0.181 e. The molecule has 2 aromatic heterocycles. The van der Waals surface area contributed by atoms with Crippen molar-refractivity contribution in [1.29, 1.82) is 0 Å². The molecule has 0 unspecified atom stereocenters. The number of anilines is 1. The Bertz CT molecular complexity index is 996. The SMILES string of the molecule is Nc1nc2cc(-c3cccnc3)cc(-c3ccccc3F)c2s1. The van der Waals surface area contributed by atoms with Gasteiger partial charge < -0.3 is 5.73 Å². The van der Waals surface area contributed by atoms with Crippen LogP contribution in [0.4, 0.5) is 9.52 Å². The molecule has 0 aliphatic heterocycles. The van der Waals surface area contributed by atoms with Crippen LogP contribution in [-0.4, -0.2) is 9.97 Å². The first-order valence-electron chi connectivity index (χ1n) is 7.08. The van der Waals surface area contributed by atoms with Gasteiger partial charge in [-0.25, -0.2) is 9.37 Å². The summed E-state index contributed by atoms with van der Waals surface area (Å²) in [7, 11) is 0. The number of nitrogens with two attached hydrogens (primary N) is 1. The first-order chi connectivity index (χ1) is 11.2. The molecule has 4 aromatic rings. The molecule has 0 atom stereocenters. The van der Waals surface area contributed by atoms with E-state index in [2.05, 4.69) is 9.97 Å². The van der Waals surface area contributed by atoms with Crippen molar-refractivity contribution < 1.29 is 4.39 Å². The summed E-state index contributed by atoms with van der Waals surface area (Å²) in [5, 5.41) is 0.473. The molecule has 5 heteroatoms. The van der Waals surface area contributed by atoms with Gasteiger partial charge in [0.2, 0.25) is 0 Å². The average Bonchev–Trinajstić information content (AvgIpc) is 2.95. The summed E-state index contributed by atoms with van der Waals surface area (Å²) >= 11 is 1.37. The number of thiazole rings is 1. The van der Waals surface area contributed by atoms with E-state index in [4.69, 9.17) is 5.73 Å². The van der Waals surface area contributed by atoms with Gasteiger partial charge in [0.25, 0.3) is 0 Å². The number of rotatable bonds is 2. The zero-order chi connectivity index (χ0) is 15.8. The number of benzene rings is 2. The Labute approximate surface area is 136 Å². The highest BCUT2D eigenvalue weighted by atomic mass is 32.1. The number of hydrogen-bond acceptors (Lipinski definition) is 4. The zero-order valence-electron chi connectivity index (χ0n) is 12.0. The second-order valence-electron chi connectivity index (χ2n) is 5.15. The number of aromatic nitrogens is 2. The Balaban J connectivity index is 2.04. The van der Waals surface area contributed by atoms with Crippen molar-refractivity contribution in [2.24, 2.45) is 0 Å². The topological polar surface area (TPSA) is 51.8 Å². The lowest BCUT2D eigenvalue weighted by atomic mass is 9.99. The molecule has 0 spiro atoms. The van der Waals surface area contributed by atoms with Gasteiger partial charge in [0.15, 0.2) is 5.13 Å². The maximum atomic E-state index is 14.3. The van der Waals surface area contributed by atoms with Gasteiger partial charge in [-0.05, 0) is 29.8 Å². The third-order valence-corrected chi connectivity index (χ3v) is 4.60. The van der Waals surface area contributed by atoms with Crippen LogP contribution >= 0.6 is 11.3 Å². The van der Waals surface area contributed by atoms with Crippen LogP contribution in [0.2, 0.25) is 0 Å². The Morgan fingerprint density at radius 2 is 1.83 bits per heavy atom. The van der Waals surface area contributed by atoms with Crippen molar-refractivity contribution in [2.45, 2.75) is 0 Å². The molecule has 0 aliphatic rings. The molecule has 4 rings (SSSR count). The lowest BCUT2D eigenvalue weighted by molar-refractivity contribution is 0.631. The van der Waals surface area contributed by atoms with Crippen LogP contribution in [0.5, 0.6) is 0 Å². The van der Waals surface area contributed by atoms with E-state index in [1.54, 1.807) is 24.5 Å². The molecule has 0 amide bonds. The molecule has 112 valence electrons. The fourth-order valence-electron chi connectivity index (χ4n) is 2.63. The summed E-state index contributed by atoms with van der Waals surface area (Å²) in [6.45, 7) is 0. The molecule has 0 aliphatic carbocycles. The maximum absolute atomic E-state index is 14.3. The highest BCUT2D eigenvalue weighted by Gasteiger charge is 2.14. The number of nitrogens with zero attached hydrogens (tertiary/aromatic N) is 2. The smallest absolute Gasteiger partial charge is 0.181 e. The van der Waals surface area contributed by atoms with Crippen LogP contribution in [0, 0.1) is 5.82 Å². The number of fused-ring (bicyclic) bond motifs is 1. The Hall–Kier alpha value is -2.79. The number of pyridine rings is 1. The van der Waals surface area contributed by atoms with E-state index in [0.717, 1.165) is 26.9 Å². The molecule has 3 nitrogen and oxygen atoms in total. The largest absolute Gasteiger partial charge is 0.375 e. The molecule has 0 bridgehead atoms. The first-order valence-corrected chi connectivity index (χ1v) is 7.89. The molecule has 0 radical (unpaired) electrons. The molecule has 0 saturated heterocycles. The molecule has 0 fully saturated rings. The summed E-state index contributed by atoms with van der Waals surface area (Å²) in [6, 6.07) is 14.5. The van der Waals surface area contributed by atoms with Crippen LogP contribution < -0.4 is 5.73 Å². The van der Waals surface area contributed by atoms with Gasteiger partial charge in [-0.15, -0.1) is 0 Å². The summed E-state index contributed by atoms with van der Waals surface area (Å²) in [5.74, 6) is -0.260. The van der Waals surface area contributed by atoms with E-state index in [1.165, 1.54) is 17.4 Å². The summed E-state index contributed by atoms with van der Waals surface area (Å²) in [5.41, 5.74) is 9.88. The van der Waals surface area contributed by atoms with Gasteiger partial charge in [0, 0.05) is 29.1 Å². The highest BCUT2D eigenvalue weighted by Crippen LogP contribution is 2.38. The fourth-order valence-corrected chi connectivity index (χ4v) is 3.47. The van der Waals surface area contributed by atoms with Gasteiger partial charge in [0.1, 0.15) is 5.82 Å². The van der Waals surface area contributed by atoms with Crippen molar-refractivity contribution in [3.8, 4) is 22.3 Å². The summed E-state index contributed by atoms with van der Waals surface area (Å²) < 4.78 is 15.2. The van der Waals surface area contributed by atoms with Gasteiger partial charge >= 0.3 is 0 Å². The fraction of sp³-hybridized carbons (Fsp3) is 0. The third kappa shape index (κ3) is 2.45. The van der Waals surface area contributed by atoms with E-state index in [0.29, 0.717) is 10.7 Å². The van der Waals surface area contributed by atoms with Crippen LogP contribution in [0.25, 0.3) is 32.5 Å². The summed E-state index contributed by atoms with van der Waals surface area (Å²) in [4.78, 5) is 8.52. The molecular formula is C18H12FN3S. The van der Waals surface area contributed by atoms with Crippen molar-refractivity contribution in [1.82, 2.24) is 9.97 Å². The normalized spacial score (nSPS) is 11.0. The van der Waals surface area contributed by atoms with Crippen LogP contribution in [0.1, 0.15) is 0 Å². The minimum atomic E-state index is -0.260. The number of nitrogen functional groups attached to an aromatic ring is 1. The van der Waals surface area contributed by atoms with E-state index < -0.39 is 0 Å². The third-order valence-electron chi connectivity index (χ3n) is 3.67. The minimum Gasteiger partial charge on any atom is -0.375 e. The van der Waals surface area contributed by atoms with Gasteiger partial charge in [0.05, 0.1) is 10.2 Å². The van der Waals surface area contributed by atoms with Crippen LogP contribution in [-0.2, 0) is 0 Å². The lowest BCUT2D eigenvalue weighted by Gasteiger charge is -2.08. The Kier molecular flexibility index (Phi) is 3.28. The predicted octanol–water partition coefficient (Wildman–Crippen LogP) is 4.75. The monoisotopic (exact) mass is 321 g/mol. The van der Waals surface area contributed by atoms with Crippen LogP contribution in [0.3, 0.4) is 0 Å². The lowest BCUT2D eigenvalue weighted by Crippen LogP contribution is -1.87. The standard InChI is InChI=1S/C18H12FN3S/c19-15-6-2-1-5-13(15)14-8-12(11-4-3-7-21-10-11)9-16-17(14)23-18(20)22-16/h1-10H,(H2,20,22). The second kappa shape index (κ2) is 5.44. The zero-order valence-corrected chi connectivity index (χ0v) is 12.8. The molecule has 2 N–H and O–H groups in total. The second-order valence-corrected chi connectivity index (χ2v) is 6.18.